The molecule has 0 amide bonds. The summed E-state index contributed by atoms with van der Waals surface area (Å²) < 4.78 is 0. The minimum absolute atomic E-state index is 0. The topological polar surface area (TPSA) is 6.48 Å². The maximum Gasteiger partial charge on any atom is 0.150 e. The Kier molecular flexibility index (Phi) is 39.6. The Labute approximate surface area is 493 Å². The Bertz CT molecular complexity index is 1810. The van der Waals surface area contributed by atoms with Crippen molar-refractivity contribution in [2.24, 2.45) is 11.8 Å². The van der Waals surface area contributed by atoms with Crippen LogP contribution in [0.1, 0.15) is 143 Å². The van der Waals surface area contributed by atoms with Crippen molar-refractivity contribution in [3.05, 3.63) is 121 Å². The smallest absolute Gasteiger partial charge is 0.150 e. The van der Waals surface area contributed by atoms with Gasteiger partial charge in [-0.1, -0.05) is 250 Å². The summed E-state index contributed by atoms with van der Waals surface area (Å²) >= 11 is 11.8. The number of benzene rings is 4. The molecule has 4 saturated carbocycles. The van der Waals surface area contributed by atoms with Crippen LogP contribution in [0.15, 0.2) is 121 Å². The molecule has 4 atom stereocenters. The summed E-state index contributed by atoms with van der Waals surface area (Å²) in [6.07, 6.45) is 27.3. The first-order valence-electron chi connectivity index (χ1n) is 28.8. The summed E-state index contributed by atoms with van der Waals surface area (Å²) in [6.45, 7) is 18.8. The van der Waals surface area contributed by atoms with Crippen LogP contribution in [-0.4, -0.2) is 83.7 Å². The van der Waals surface area contributed by atoms with Gasteiger partial charge in [0, 0.05) is 52.1 Å². The Morgan fingerprint density at radius 2 is 0.905 bits per heavy atom. The van der Waals surface area contributed by atoms with Crippen LogP contribution >= 0.6 is 38.5 Å². The molecule has 0 aliphatic heterocycles. The molecule has 0 bridgehead atoms. The Morgan fingerprint density at radius 1 is 0.514 bits per heavy atom. The molecule has 4 aliphatic rings. The van der Waals surface area contributed by atoms with Crippen LogP contribution in [-0.2, 0) is 34.1 Å². The van der Waals surface area contributed by atoms with Crippen LogP contribution < -0.4 is 21.2 Å². The van der Waals surface area contributed by atoms with Crippen molar-refractivity contribution in [1.29, 1.82) is 0 Å². The summed E-state index contributed by atoms with van der Waals surface area (Å²) in [5, 5.41) is 5.95. The summed E-state index contributed by atoms with van der Waals surface area (Å²) in [4.78, 5) is 4.75. The van der Waals surface area contributed by atoms with Gasteiger partial charge in [-0.05, 0) is 147 Å². The van der Waals surface area contributed by atoms with Gasteiger partial charge < -0.3 is 9.80 Å². The van der Waals surface area contributed by atoms with Gasteiger partial charge in [-0.15, -0.1) is 11.6 Å². The molecule has 0 N–H and O–H groups in total. The van der Waals surface area contributed by atoms with E-state index in [2.05, 4.69) is 213 Å². The molecule has 4 aromatic rings. The number of rotatable bonds is 16. The number of halogens is 2. The van der Waals surface area contributed by atoms with Gasteiger partial charge in [0.25, 0.3) is 0 Å². The fourth-order valence-electron chi connectivity index (χ4n) is 11.2. The van der Waals surface area contributed by atoms with E-state index < -0.39 is 15.5 Å². The summed E-state index contributed by atoms with van der Waals surface area (Å²) in [6, 6.07) is 48.0. The molecular weight excluding hydrogens is 1100 g/mol. The predicted molar refractivity (Wildman–Crippen MR) is 339 cm³/mol. The number of hydrogen-bond donors (Lipinski definition) is 0. The molecule has 0 radical (unpaired) electrons. The molecule has 0 spiro atoms. The molecule has 0 saturated heterocycles. The monoisotopic (exact) mass is 1200 g/mol. The Balaban J connectivity index is 0.000000469. The number of alkyl halides is 1. The van der Waals surface area contributed by atoms with Crippen LogP contribution in [0, 0.1) is 11.8 Å². The van der Waals surface area contributed by atoms with E-state index in [1.165, 1.54) is 155 Å². The molecule has 4 fully saturated rings. The molecule has 10 heteroatoms. The first kappa shape index (κ1) is 71.7. The quantitative estimate of drug-likeness (QED) is 0.0477. The minimum atomic E-state index is -1.21. The summed E-state index contributed by atoms with van der Waals surface area (Å²) in [5.74, 6) is 2.65. The van der Waals surface area contributed by atoms with Gasteiger partial charge in [0.15, 0.2) is 0 Å². The van der Waals surface area contributed by atoms with E-state index in [9.17, 15) is 0 Å². The van der Waals surface area contributed by atoms with Crippen molar-refractivity contribution in [2.45, 2.75) is 204 Å². The fraction of sp³-hybridized carbons (Fsp3) is 0.625. The Hall–Kier alpha value is -0.287. The molecule has 8 rings (SSSR count). The van der Waals surface area contributed by atoms with Gasteiger partial charge in [0.05, 0.1) is 8.07 Å². The van der Waals surface area contributed by atoms with E-state index in [1.807, 2.05) is 0 Å². The number of hydrogen-bond acceptors (Lipinski definition) is 2. The second kappa shape index (κ2) is 40.8. The molecule has 2 nitrogen and oxygen atoms in total. The zero-order valence-corrected chi connectivity index (χ0v) is 56.3. The zero-order chi connectivity index (χ0) is 52.8. The molecule has 4 aromatic carbocycles. The molecule has 2 unspecified atom stereocenters. The predicted octanol–water partition coefficient (Wildman–Crippen LogP) is 18.6. The summed E-state index contributed by atoms with van der Waals surface area (Å²) in [7, 11) is 6.30. The van der Waals surface area contributed by atoms with Crippen LogP contribution in [0.4, 0.5) is 0 Å². The van der Waals surface area contributed by atoms with Gasteiger partial charge in [0.1, 0.15) is 7.38 Å². The molecule has 420 valence electrons. The standard InChI is InChI=1S/C21H28NP.C13H13P.C10H21ClSi.C9H19N.C6H15ClSi.C5H10.2Fe/c1-17(22(2)3)20-15-10-16-21(20)23(18-11-6-4-7-12-18)19-13-8-5-9-14-19;1-14(12-8-4-2-5-9-12)13-10-6-3-7-11-13;1-12(2,9-5-8-11)10-6-3-4-7-10;1-8(10(2)3)9-6-4-5-7-9;1-4-5-6-8(2,3)7;1-2-4-5-3-1;;/h4-9,11-14,17,20-21H,10,15-16H2,1-3H3;2-11H,1H3;10H,3-9H2,1-2H3;8-9H,4-7H2,1-3H3;4-6H2,1-3H3;1-5H2;;/t17-,20?,21?;;;8-;;;;/m0..1..../s1. The maximum absolute atomic E-state index is 6.05. The third-order valence-electron chi connectivity index (χ3n) is 16.3. The van der Waals surface area contributed by atoms with E-state index in [4.69, 9.17) is 22.7 Å². The second-order valence-electron chi connectivity index (χ2n) is 23.2. The van der Waals surface area contributed by atoms with Crippen molar-refractivity contribution >= 4 is 75.2 Å². The first-order valence-corrected chi connectivity index (χ1v) is 40.0. The van der Waals surface area contributed by atoms with Crippen molar-refractivity contribution < 1.29 is 34.1 Å². The van der Waals surface area contributed by atoms with Crippen LogP contribution in [0.2, 0.25) is 43.8 Å². The zero-order valence-electron chi connectivity index (χ0n) is 48.8. The number of nitrogens with zero attached hydrogens (tertiary/aromatic N) is 2. The van der Waals surface area contributed by atoms with Gasteiger partial charge in [-0.25, -0.2) is 0 Å². The third-order valence-corrected chi connectivity index (χ3v) is 28.3. The van der Waals surface area contributed by atoms with Crippen LogP contribution in [0.3, 0.4) is 0 Å². The molecule has 0 aromatic heterocycles. The van der Waals surface area contributed by atoms with Crippen molar-refractivity contribution in [2.75, 3.05) is 40.7 Å². The minimum Gasteiger partial charge on any atom is -0.306 e. The second-order valence-corrected chi connectivity index (χ2v) is 40.5. The molecule has 0 heterocycles. The Morgan fingerprint density at radius 3 is 1.26 bits per heavy atom. The van der Waals surface area contributed by atoms with E-state index in [-0.39, 0.29) is 50.0 Å². The van der Waals surface area contributed by atoms with Crippen LogP contribution in [0.25, 0.3) is 0 Å². The van der Waals surface area contributed by atoms with Gasteiger partial charge in [-0.2, -0.15) is 11.1 Å². The van der Waals surface area contributed by atoms with Crippen LogP contribution in [0.5, 0.6) is 0 Å². The molecule has 4 aliphatic carbocycles. The maximum atomic E-state index is 6.05. The first-order chi connectivity index (χ1) is 34.5. The number of unbranched alkanes of at least 4 members (excludes halogenated alkanes) is 1. The van der Waals surface area contributed by atoms with E-state index >= 15 is 0 Å². The van der Waals surface area contributed by atoms with Crippen molar-refractivity contribution in [3.8, 4) is 0 Å². The van der Waals surface area contributed by atoms with Gasteiger partial charge in [0.2, 0.25) is 0 Å². The average Bonchev–Trinajstić information content (AvgIpc) is 4.27. The van der Waals surface area contributed by atoms with Gasteiger partial charge >= 0.3 is 0 Å². The average molecular weight is 1200 g/mol. The largest absolute Gasteiger partial charge is 0.306 e. The molecular formula is C64H106Cl2Fe2N2P2Si2. The van der Waals surface area contributed by atoms with E-state index in [1.54, 1.807) is 0 Å². The van der Waals surface area contributed by atoms with Gasteiger partial charge in [-0.3, -0.25) is 0 Å². The third kappa shape index (κ3) is 28.2. The fourth-order valence-corrected chi connectivity index (χ4v) is 21.4. The summed E-state index contributed by atoms with van der Waals surface area (Å²) in [5.41, 5.74) is 1.91. The normalized spacial score (nSPS) is 18.5. The van der Waals surface area contributed by atoms with E-state index in [0.717, 1.165) is 35.0 Å². The van der Waals surface area contributed by atoms with E-state index in [0.29, 0.717) is 6.04 Å². The molecule has 74 heavy (non-hydrogen) atoms. The van der Waals surface area contributed by atoms with Crippen molar-refractivity contribution in [1.82, 2.24) is 9.80 Å². The van der Waals surface area contributed by atoms with Crippen molar-refractivity contribution in [3.63, 3.8) is 0 Å². The SMILES string of the molecule is C1CCCC1.CCCC[Si](C)(C)Cl.CP(c1ccccc1)c1ccccc1.C[C@@H](C1CCCC1P(c1ccccc1)c1ccccc1)N(C)C.C[C@H](C1CCCC1)N(C)C.C[Si](C)(CCCCl)C1CCCC1.[Fe].[Fe].